The fourth-order valence-corrected chi connectivity index (χ4v) is 4.53. The number of aromatic hydroxyl groups is 2. The molecule has 4 aromatic carbocycles. The van der Waals surface area contributed by atoms with Gasteiger partial charge in [-0.05, 0) is 60.4 Å². The predicted octanol–water partition coefficient (Wildman–Crippen LogP) is 8.16. The monoisotopic (exact) mass is 505 g/mol. The molecule has 0 saturated heterocycles. The highest BCUT2D eigenvalue weighted by Crippen LogP contribution is 2.43. The Kier molecular flexibility index (Phi) is 6.91. The number of aromatic carboxylic acids is 1. The molecule has 1 heterocycles. The number of fused-ring (bicyclic) bond motifs is 1. The number of rotatable bonds is 8. The minimum atomic E-state index is -1.05. The number of nitrogens with zero attached hydrogens (tertiary/aromatic N) is 3. The number of phenols is 1. The molecule has 0 atom stereocenters. The van der Waals surface area contributed by atoms with Gasteiger partial charge in [0.1, 0.15) is 5.69 Å². The van der Waals surface area contributed by atoms with E-state index in [2.05, 4.69) is 29.3 Å². The smallest absolute Gasteiger partial charge is 0.335 e. The third-order valence-corrected chi connectivity index (χ3v) is 6.53. The van der Waals surface area contributed by atoms with Crippen molar-refractivity contribution in [2.24, 2.45) is 10.2 Å². The molecule has 0 aliphatic heterocycles. The maximum absolute atomic E-state index is 11.4. The lowest BCUT2D eigenvalue weighted by molar-refractivity contribution is 0.0697. The van der Waals surface area contributed by atoms with Crippen LogP contribution in [0.25, 0.3) is 27.7 Å². The number of aromatic nitrogens is 1. The van der Waals surface area contributed by atoms with Crippen molar-refractivity contribution < 1.29 is 20.1 Å². The number of carboxylic acids is 1. The molecule has 5 aromatic rings. The maximum atomic E-state index is 11.4. The van der Waals surface area contributed by atoms with E-state index in [1.807, 2.05) is 36.4 Å². The number of benzene rings is 4. The Morgan fingerprint density at radius 3 is 2.39 bits per heavy atom. The molecule has 38 heavy (non-hydrogen) atoms. The van der Waals surface area contributed by atoms with E-state index in [0.717, 1.165) is 30.5 Å². The number of unbranched alkanes of at least 4 members (excludes halogenated alkanes) is 1. The summed E-state index contributed by atoms with van der Waals surface area (Å²) in [5.74, 6) is -1.24. The largest absolute Gasteiger partial charge is 0.505 e. The zero-order chi connectivity index (χ0) is 26.6. The number of hydrogen-bond donors (Lipinski definition) is 3. The van der Waals surface area contributed by atoms with Gasteiger partial charge in [0.25, 0.3) is 0 Å². The number of phenolic OH excluding ortho intramolecular Hbond substituents is 1. The van der Waals surface area contributed by atoms with Crippen molar-refractivity contribution in [1.82, 2.24) is 4.57 Å². The number of azo groups is 1. The lowest BCUT2D eigenvalue weighted by Crippen LogP contribution is -1.95. The third-order valence-electron chi connectivity index (χ3n) is 6.53. The second-order valence-corrected chi connectivity index (χ2v) is 9.05. The van der Waals surface area contributed by atoms with Gasteiger partial charge in [0, 0.05) is 16.6 Å². The Hall–Kier alpha value is -4.91. The highest BCUT2D eigenvalue weighted by Gasteiger charge is 2.18. The Morgan fingerprint density at radius 2 is 1.63 bits per heavy atom. The molecule has 5 rings (SSSR count). The molecule has 190 valence electrons. The molecule has 0 bridgehead atoms. The molecule has 0 aliphatic rings. The van der Waals surface area contributed by atoms with E-state index in [4.69, 9.17) is 0 Å². The molecule has 3 N–H and O–H groups in total. The van der Waals surface area contributed by atoms with E-state index in [-0.39, 0.29) is 28.6 Å². The average Bonchev–Trinajstić information content (AvgIpc) is 3.22. The topological polar surface area (TPSA) is 107 Å². The first-order chi connectivity index (χ1) is 18.5. The van der Waals surface area contributed by atoms with Gasteiger partial charge in [-0.2, -0.15) is 0 Å². The Morgan fingerprint density at radius 1 is 0.868 bits per heavy atom. The summed E-state index contributed by atoms with van der Waals surface area (Å²) in [7, 11) is 0. The first-order valence-electron chi connectivity index (χ1n) is 12.5. The molecule has 7 heteroatoms. The third kappa shape index (κ3) is 4.74. The zero-order valence-electron chi connectivity index (χ0n) is 20.9. The highest BCUT2D eigenvalue weighted by atomic mass is 16.4. The van der Waals surface area contributed by atoms with E-state index >= 15 is 0 Å². The van der Waals surface area contributed by atoms with Crippen molar-refractivity contribution in [1.29, 1.82) is 0 Å². The van der Waals surface area contributed by atoms with Gasteiger partial charge in [0.05, 0.1) is 11.1 Å². The summed E-state index contributed by atoms with van der Waals surface area (Å²) in [5, 5.41) is 40.8. The van der Waals surface area contributed by atoms with Gasteiger partial charge < -0.3 is 15.3 Å². The molecule has 0 amide bonds. The number of hydrogen-bond acceptors (Lipinski definition) is 5. The second kappa shape index (κ2) is 10.6. The van der Waals surface area contributed by atoms with Crippen LogP contribution in [0.1, 0.15) is 35.7 Å². The molecule has 1 aromatic heterocycles. The summed E-state index contributed by atoms with van der Waals surface area (Å²) in [6.45, 7) is 2.17. The van der Waals surface area contributed by atoms with Crippen LogP contribution in [0.5, 0.6) is 11.6 Å². The van der Waals surface area contributed by atoms with Crippen molar-refractivity contribution in [3.8, 4) is 28.4 Å². The zero-order valence-corrected chi connectivity index (χ0v) is 20.9. The van der Waals surface area contributed by atoms with Crippen LogP contribution >= 0.6 is 0 Å². The molecule has 0 saturated carbocycles. The highest BCUT2D eigenvalue weighted by molar-refractivity contribution is 5.96. The average molecular weight is 506 g/mol. The fraction of sp³-hybridized carbons (Fsp3) is 0.129. The normalized spacial score (nSPS) is 11.4. The SMILES string of the molecule is CCCCc1ccc(-n2c(O)c(N=Nc3cccc(-c4cccc(C(=O)O)c4)c3O)c3ccccc32)cc1. The van der Waals surface area contributed by atoms with E-state index < -0.39 is 5.97 Å². The van der Waals surface area contributed by atoms with Gasteiger partial charge in [-0.15, -0.1) is 10.2 Å². The Labute approximate surface area is 220 Å². The van der Waals surface area contributed by atoms with Crippen molar-refractivity contribution in [2.45, 2.75) is 26.2 Å². The number of para-hydroxylation sites is 2. The molecule has 0 spiro atoms. The molecule has 0 radical (unpaired) electrons. The van der Waals surface area contributed by atoms with Crippen LogP contribution in [0.2, 0.25) is 0 Å². The summed E-state index contributed by atoms with van der Waals surface area (Å²) >= 11 is 0. The molecule has 0 fully saturated rings. The number of carbonyl (C=O) groups is 1. The summed E-state index contributed by atoms with van der Waals surface area (Å²) in [6, 6.07) is 27.0. The number of carboxylic acid groups (broad SMARTS) is 1. The van der Waals surface area contributed by atoms with Crippen molar-refractivity contribution in [2.75, 3.05) is 0 Å². The molecule has 0 unspecified atom stereocenters. The predicted molar refractivity (Wildman–Crippen MR) is 148 cm³/mol. The van der Waals surface area contributed by atoms with E-state index in [1.165, 1.54) is 17.7 Å². The van der Waals surface area contributed by atoms with Crippen molar-refractivity contribution in [3.63, 3.8) is 0 Å². The summed E-state index contributed by atoms with van der Waals surface area (Å²) in [5.41, 5.74) is 4.40. The van der Waals surface area contributed by atoms with Gasteiger partial charge in [-0.3, -0.25) is 4.57 Å². The molecular formula is C31H27N3O4. The minimum Gasteiger partial charge on any atom is -0.505 e. The van der Waals surface area contributed by atoms with Crippen LogP contribution < -0.4 is 0 Å². The van der Waals surface area contributed by atoms with Gasteiger partial charge in [0.15, 0.2) is 11.4 Å². The van der Waals surface area contributed by atoms with Crippen molar-refractivity contribution in [3.05, 3.63) is 102 Å². The van der Waals surface area contributed by atoms with Gasteiger partial charge >= 0.3 is 5.97 Å². The molecule has 7 nitrogen and oxygen atoms in total. The quantitative estimate of drug-likeness (QED) is 0.185. The van der Waals surface area contributed by atoms with Crippen LogP contribution in [0.4, 0.5) is 11.4 Å². The Balaban J connectivity index is 1.54. The van der Waals surface area contributed by atoms with E-state index in [1.54, 1.807) is 34.9 Å². The van der Waals surface area contributed by atoms with Gasteiger partial charge in [0.2, 0.25) is 5.88 Å². The van der Waals surface area contributed by atoms with Crippen LogP contribution in [-0.2, 0) is 6.42 Å². The van der Waals surface area contributed by atoms with Crippen LogP contribution in [-0.4, -0.2) is 25.9 Å². The molecule has 0 aliphatic carbocycles. The van der Waals surface area contributed by atoms with Crippen LogP contribution in [0, 0.1) is 0 Å². The van der Waals surface area contributed by atoms with Crippen molar-refractivity contribution >= 4 is 28.2 Å². The maximum Gasteiger partial charge on any atom is 0.335 e. The first-order valence-corrected chi connectivity index (χ1v) is 12.5. The van der Waals surface area contributed by atoms with E-state index in [9.17, 15) is 20.1 Å². The summed E-state index contributed by atoms with van der Waals surface area (Å²) < 4.78 is 1.74. The van der Waals surface area contributed by atoms with Crippen LogP contribution in [0.15, 0.2) is 101 Å². The van der Waals surface area contributed by atoms with Crippen LogP contribution in [0.3, 0.4) is 0 Å². The minimum absolute atomic E-state index is 0.0546. The first kappa shape index (κ1) is 24.8. The fourth-order valence-electron chi connectivity index (χ4n) is 4.53. The van der Waals surface area contributed by atoms with Gasteiger partial charge in [-0.25, -0.2) is 4.79 Å². The standard InChI is InChI=1S/C31H27N3O4/c1-2-3-8-20-15-17-23(18-16-20)34-27-14-5-4-11-25(27)28(30(34)36)33-32-26-13-7-12-24(29(26)35)21-9-6-10-22(19-21)31(37)38/h4-7,9-19,35-36H,2-3,8H2,1H3,(H,37,38). The lowest BCUT2D eigenvalue weighted by atomic mass is 10.0. The summed E-state index contributed by atoms with van der Waals surface area (Å²) in [4.78, 5) is 11.4. The number of aryl methyl sites for hydroxylation is 1. The second-order valence-electron chi connectivity index (χ2n) is 9.05. The molecular weight excluding hydrogens is 478 g/mol. The lowest BCUT2D eigenvalue weighted by Gasteiger charge is -2.08. The Bertz CT molecular complexity index is 1650. The summed E-state index contributed by atoms with van der Waals surface area (Å²) in [6.07, 6.45) is 3.27. The van der Waals surface area contributed by atoms with Gasteiger partial charge in [-0.1, -0.05) is 67.9 Å². The van der Waals surface area contributed by atoms with E-state index in [0.29, 0.717) is 16.5 Å².